The summed E-state index contributed by atoms with van der Waals surface area (Å²) in [6.07, 6.45) is 5.22. The van der Waals surface area contributed by atoms with E-state index in [9.17, 15) is 19.2 Å². The van der Waals surface area contributed by atoms with Gasteiger partial charge in [0, 0.05) is 31.6 Å². The number of likely N-dealkylation sites (tertiary alicyclic amines) is 2. The second-order valence-electron chi connectivity index (χ2n) is 13.2. The normalized spacial score (nSPS) is 21.8. The fourth-order valence-corrected chi connectivity index (χ4v) is 6.48. The van der Waals surface area contributed by atoms with E-state index < -0.39 is 22.9 Å². The number of methoxy groups -OCH3 is 1. The summed E-state index contributed by atoms with van der Waals surface area (Å²) in [6, 6.07) is -1.64. The number of likely N-dealkylation sites (N-methyl/N-ethyl adjacent to an activating group) is 1. The molecule has 1 N–H and O–H groups in total. The summed E-state index contributed by atoms with van der Waals surface area (Å²) in [5.74, 6) is -0.397. The minimum Gasteiger partial charge on any atom is -0.467 e. The number of hydrogen-bond donors (Lipinski definition) is 1. The Morgan fingerprint density at radius 2 is 1.50 bits per heavy atom. The first-order valence-corrected chi connectivity index (χ1v) is 15.4. The third kappa shape index (κ3) is 7.37. The molecule has 9 heteroatoms. The van der Waals surface area contributed by atoms with E-state index in [1.165, 1.54) is 7.11 Å². The Morgan fingerprint density at radius 1 is 0.950 bits per heavy atom. The van der Waals surface area contributed by atoms with Crippen molar-refractivity contribution in [3.63, 3.8) is 0 Å². The molecule has 230 valence electrons. The Balaban J connectivity index is 2.25. The van der Waals surface area contributed by atoms with E-state index in [0.29, 0.717) is 19.5 Å². The first-order chi connectivity index (χ1) is 18.7. The highest BCUT2D eigenvalue weighted by Crippen LogP contribution is 2.33. The lowest BCUT2D eigenvalue weighted by Gasteiger charge is -2.41. The van der Waals surface area contributed by atoms with Gasteiger partial charge < -0.3 is 19.9 Å². The third-order valence-corrected chi connectivity index (χ3v) is 9.59. The molecule has 2 rings (SSSR count). The van der Waals surface area contributed by atoms with E-state index in [2.05, 4.69) is 24.1 Å². The van der Waals surface area contributed by atoms with Crippen molar-refractivity contribution >= 4 is 23.7 Å². The predicted octanol–water partition coefficient (Wildman–Crippen LogP) is 3.85. The van der Waals surface area contributed by atoms with Gasteiger partial charge in [-0.3, -0.25) is 19.3 Å². The molecule has 2 unspecified atom stereocenters. The van der Waals surface area contributed by atoms with E-state index in [1.54, 1.807) is 9.80 Å². The summed E-state index contributed by atoms with van der Waals surface area (Å²) in [7, 11) is 3.19. The van der Waals surface area contributed by atoms with E-state index >= 15 is 0 Å². The first kappa shape index (κ1) is 34.0. The smallest absolute Gasteiger partial charge is 0.328 e. The molecule has 0 saturated carbocycles. The maximum absolute atomic E-state index is 14.1. The molecule has 0 bridgehead atoms. The number of rotatable bonds is 12. The molecule has 3 amide bonds. The highest BCUT2D eigenvalue weighted by atomic mass is 16.5. The van der Waals surface area contributed by atoms with Crippen LogP contribution in [-0.4, -0.2) is 96.3 Å². The van der Waals surface area contributed by atoms with Crippen molar-refractivity contribution < 1.29 is 23.9 Å². The van der Waals surface area contributed by atoms with Crippen LogP contribution < -0.4 is 5.32 Å². The largest absolute Gasteiger partial charge is 0.467 e. The zero-order valence-electron chi connectivity index (χ0n) is 26.8. The number of carbonyl (C=O) groups is 4. The summed E-state index contributed by atoms with van der Waals surface area (Å²) in [5, 5.41) is 3.16. The number of ether oxygens (including phenoxy) is 1. The van der Waals surface area contributed by atoms with Gasteiger partial charge in [-0.25, -0.2) is 4.79 Å². The number of amides is 3. The van der Waals surface area contributed by atoms with Crippen LogP contribution in [0.2, 0.25) is 0 Å². The fraction of sp³-hybridized carbons (Fsp3) is 0.871. The lowest BCUT2D eigenvalue weighted by Crippen LogP contribution is -2.60. The molecule has 0 aromatic carbocycles. The summed E-state index contributed by atoms with van der Waals surface area (Å²) < 4.78 is 4.96. The highest BCUT2D eigenvalue weighted by molar-refractivity contribution is 5.91. The Bertz CT molecular complexity index is 886. The van der Waals surface area contributed by atoms with Gasteiger partial charge in [-0.15, -0.1) is 0 Å². The summed E-state index contributed by atoms with van der Waals surface area (Å²) in [5.41, 5.74) is -0.963. The Hall–Kier alpha value is -2.16. The van der Waals surface area contributed by atoms with Crippen molar-refractivity contribution in [2.45, 2.75) is 125 Å². The molecule has 40 heavy (non-hydrogen) atoms. The van der Waals surface area contributed by atoms with Crippen LogP contribution in [-0.2, 0) is 23.9 Å². The molecule has 0 aromatic heterocycles. The maximum Gasteiger partial charge on any atom is 0.328 e. The average molecular weight is 565 g/mol. The monoisotopic (exact) mass is 564 g/mol. The van der Waals surface area contributed by atoms with Gasteiger partial charge in [-0.1, -0.05) is 55.4 Å². The lowest BCUT2D eigenvalue weighted by atomic mass is 9.77. The van der Waals surface area contributed by atoms with Gasteiger partial charge in [-0.2, -0.15) is 0 Å². The molecule has 2 heterocycles. The van der Waals surface area contributed by atoms with Crippen LogP contribution in [0.3, 0.4) is 0 Å². The van der Waals surface area contributed by atoms with Crippen LogP contribution in [0.15, 0.2) is 0 Å². The molecule has 2 saturated heterocycles. The van der Waals surface area contributed by atoms with Gasteiger partial charge in [0.25, 0.3) is 0 Å². The van der Waals surface area contributed by atoms with Gasteiger partial charge in [0.15, 0.2) is 0 Å². The molecule has 0 spiro atoms. The van der Waals surface area contributed by atoms with E-state index in [4.69, 9.17) is 4.74 Å². The van der Waals surface area contributed by atoms with Crippen molar-refractivity contribution in [3.05, 3.63) is 0 Å². The first-order valence-electron chi connectivity index (χ1n) is 15.4. The minimum atomic E-state index is -0.670. The Morgan fingerprint density at radius 3 is 2.00 bits per heavy atom. The Labute approximate surface area is 242 Å². The number of nitrogens with one attached hydrogen (secondary N) is 1. The van der Waals surface area contributed by atoms with Gasteiger partial charge in [0.2, 0.25) is 17.7 Å². The van der Waals surface area contributed by atoms with Crippen LogP contribution in [0, 0.1) is 16.7 Å². The van der Waals surface area contributed by atoms with Crippen LogP contribution in [0.1, 0.15) is 100 Å². The number of nitrogens with zero attached hydrogens (tertiary/aromatic N) is 3. The molecule has 0 aromatic rings. The average Bonchev–Trinajstić information content (AvgIpc) is 3.59. The molecule has 4 atom stereocenters. The molecular weight excluding hydrogens is 508 g/mol. The van der Waals surface area contributed by atoms with Crippen molar-refractivity contribution in [2.75, 3.05) is 33.8 Å². The predicted molar refractivity (Wildman–Crippen MR) is 157 cm³/mol. The van der Waals surface area contributed by atoms with Gasteiger partial charge in [0.05, 0.1) is 13.2 Å². The maximum atomic E-state index is 14.1. The summed E-state index contributed by atoms with van der Waals surface area (Å²) in [4.78, 5) is 59.2. The van der Waals surface area contributed by atoms with Crippen molar-refractivity contribution in [2.24, 2.45) is 16.7 Å². The SMILES string of the molecule is CCC(CC)(CC)C(=O)N[C@H](C(=O)N(C)[C@H](CN1CCCC1C(=O)N1CCCC1C(=O)OC)C(C)C)C(C)(C)C. The van der Waals surface area contributed by atoms with E-state index in [0.717, 1.165) is 45.1 Å². The molecule has 0 aliphatic carbocycles. The fourth-order valence-electron chi connectivity index (χ4n) is 6.48. The standard InChI is InChI=1S/C31H56N4O5/c1-11-31(12-2,13-3)29(39)32-25(30(6,7)8)27(37)33(9)24(21(4)5)20-34-18-14-16-22(34)26(36)35-19-15-17-23(35)28(38)40-10/h21-25H,11-20H2,1-10H3,(H,32,39)/t22?,23?,24-,25-/m1/s1. The molecule has 2 fully saturated rings. The molecule has 9 nitrogen and oxygen atoms in total. The van der Waals surface area contributed by atoms with E-state index in [1.807, 2.05) is 48.6 Å². The lowest BCUT2D eigenvalue weighted by molar-refractivity contribution is -0.152. The van der Waals surface area contributed by atoms with Crippen LogP contribution in [0.5, 0.6) is 0 Å². The summed E-state index contributed by atoms with van der Waals surface area (Å²) in [6.45, 7) is 18.1. The second-order valence-corrected chi connectivity index (χ2v) is 13.2. The van der Waals surface area contributed by atoms with Crippen molar-refractivity contribution in [1.82, 2.24) is 20.0 Å². The molecule has 0 radical (unpaired) electrons. The minimum absolute atomic E-state index is 0.0169. The van der Waals surface area contributed by atoms with E-state index in [-0.39, 0.29) is 41.7 Å². The third-order valence-electron chi connectivity index (χ3n) is 9.59. The van der Waals surface area contributed by atoms with Crippen molar-refractivity contribution in [3.8, 4) is 0 Å². The Kier molecular flexibility index (Phi) is 12.0. The van der Waals surface area contributed by atoms with Gasteiger partial charge in [-0.05, 0) is 62.8 Å². The zero-order valence-corrected chi connectivity index (χ0v) is 26.8. The second kappa shape index (κ2) is 14.1. The van der Waals surface area contributed by atoms with Gasteiger partial charge in [0.1, 0.15) is 12.1 Å². The summed E-state index contributed by atoms with van der Waals surface area (Å²) >= 11 is 0. The van der Waals surface area contributed by atoms with Crippen LogP contribution >= 0.6 is 0 Å². The number of hydrogen-bond acceptors (Lipinski definition) is 6. The zero-order chi connectivity index (χ0) is 30.4. The van der Waals surface area contributed by atoms with Crippen LogP contribution in [0.4, 0.5) is 0 Å². The topological polar surface area (TPSA) is 99.3 Å². The molecule has 2 aliphatic heterocycles. The molecule has 2 aliphatic rings. The van der Waals surface area contributed by atoms with Crippen LogP contribution in [0.25, 0.3) is 0 Å². The molecular formula is C31H56N4O5. The highest BCUT2D eigenvalue weighted by Gasteiger charge is 2.44. The quantitative estimate of drug-likeness (QED) is 0.362. The van der Waals surface area contributed by atoms with Crippen molar-refractivity contribution in [1.29, 1.82) is 0 Å². The number of carbonyl (C=O) groups excluding carboxylic acids is 4. The van der Waals surface area contributed by atoms with Gasteiger partial charge >= 0.3 is 5.97 Å². The number of esters is 1.